The summed E-state index contributed by atoms with van der Waals surface area (Å²) in [5.41, 5.74) is 0. The molecule has 2 unspecified atom stereocenters. The maximum Gasteiger partial charge on any atom is 0.306 e. The van der Waals surface area contributed by atoms with Crippen molar-refractivity contribution in [3.8, 4) is 0 Å². The van der Waals surface area contributed by atoms with Crippen LogP contribution >= 0.6 is 0 Å². The van der Waals surface area contributed by atoms with E-state index in [1.807, 2.05) is 0 Å². The molecule has 0 aliphatic carbocycles. The van der Waals surface area contributed by atoms with Gasteiger partial charge in [0.25, 0.3) is 0 Å². The van der Waals surface area contributed by atoms with Gasteiger partial charge in [-0.25, -0.2) is 0 Å². The van der Waals surface area contributed by atoms with Crippen LogP contribution in [0.25, 0.3) is 0 Å². The molecule has 0 saturated heterocycles. The molecular weight excluding hydrogens is 715 g/mol. The number of rotatable bonds is 41. The lowest BCUT2D eigenvalue weighted by atomic mass is 10.1. The fourth-order valence-electron chi connectivity index (χ4n) is 6.61. The van der Waals surface area contributed by atoms with Crippen LogP contribution < -0.4 is 5.11 Å². The van der Waals surface area contributed by atoms with E-state index in [2.05, 4.69) is 62.5 Å². The summed E-state index contributed by atoms with van der Waals surface area (Å²) in [6.45, 7) is 4.53. The quantitative estimate of drug-likeness (QED) is 0.0262. The highest BCUT2D eigenvalue weighted by molar-refractivity contribution is 5.70. The molecule has 0 aromatic heterocycles. The Bertz CT molecular complexity index is 1070. The number of aliphatic carboxylic acids is 1. The zero-order valence-electron chi connectivity index (χ0n) is 37.5. The van der Waals surface area contributed by atoms with Gasteiger partial charge in [0.2, 0.25) is 0 Å². The monoisotopic (exact) mass is 802 g/mol. The van der Waals surface area contributed by atoms with E-state index in [-0.39, 0.29) is 42.7 Å². The van der Waals surface area contributed by atoms with Crippen LogP contribution in [-0.2, 0) is 28.6 Å². The first-order valence-corrected chi connectivity index (χ1v) is 23.2. The van der Waals surface area contributed by atoms with Crippen LogP contribution in [0.3, 0.4) is 0 Å². The van der Waals surface area contributed by atoms with E-state index in [1.54, 1.807) is 21.1 Å². The second-order valence-corrected chi connectivity index (χ2v) is 16.6. The minimum absolute atomic E-state index is 0.0329. The number of hydrogen-bond donors (Lipinski definition) is 0. The van der Waals surface area contributed by atoms with Gasteiger partial charge in [0.15, 0.2) is 6.10 Å². The lowest BCUT2D eigenvalue weighted by Gasteiger charge is -2.34. The zero-order valence-corrected chi connectivity index (χ0v) is 37.5. The second-order valence-electron chi connectivity index (χ2n) is 16.6. The molecular formula is C49H87NO7. The Balaban J connectivity index is 4.31. The van der Waals surface area contributed by atoms with Crippen LogP contribution in [0.15, 0.2) is 48.6 Å². The number of nitrogens with zero attached hydrogens (tertiary/aromatic N) is 1. The fourth-order valence-corrected chi connectivity index (χ4v) is 6.61. The largest absolute Gasteiger partial charge is 0.544 e. The number of hydrogen-bond acceptors (Lipinski definition) is 7. The molecule has 0 heterocycles. The van der Waals surface area contributed by atoms with Crippen LogP contribution in [-0.4, -0.2) is 75.5 Å². The van der Waals surface area contributed by atoms with E-state index in [0.29, 0.717) is 12.8 Å². The van der Waals surface area contributed by atoms with Crippen molar-refractivity contribution in [2.75, 3.05) is 41.0 Å². The first-order valence-electron chi connectivity index (χ1n) is 23.2. The molecule has 2 atom stereocenters. The van der Waals surface area contributed by atoms with Crippen LogP contribution in [0.1, 0.15) is 194 Å². The van der Waals surface area contributed by atoms with Crippen LogP contribution in [0.5, 0.6) is 0 Å². The molecule has 8 nitrogen and oxygen atoms in total. The van der Waals surface area contributed by atoms with Gasteiger partial charge >= 0.3 is 11.9 Å². The topological polar surface area (TPSA) is 102 Å². The molecule has 57 heavy (non-hydrogen) atoms. The summed E-state index contributed by atoms with van der Waals surface area (Å²) in [5, 5.41) is 11.6. The Labute approximate surface area is 350 Å². The van der Waals surface area contributed by atoms with Gasteiger partial charge in [-0.3, -0.25) is 9.59 Å². The summed E-state index contributed by atoms with van der Waals surface area (Å²) in [6.07, 6.45) is 47.0. The summed E-state index contributed by atoms with van der Waals surface area (Å²) in [6, 6.07) is -0.729. The number of ether oxygens (including phenoxy) is 3. The number of likely N-dealkylation sites (N-methyl/N-ethyl adjacent to an activating group) is 1. The molecule has 0 radical (unpaired) electrons. The van der Waals surface area contributed by atoms with Crippen molar-refractivity contribution in [1.82, 2.24) is 0 Å². The lowest BCUT2D eigenvalue weighted by Crippen LogP contribution is -2.55. The molecule has 0 fully saturated rings. The van der Waals surface area contributed by atoms with Crippen LogP contribution in [0.4, 0.5) is 0 Å². The molecule has 0 aliphatic rings. The third-order valence-corrected chi connectivity index (χ3v) is 10.2. The van der Waals surface area contributed by atoms with Crippen molar-refractivity contribution in [3.05, 3.63) is 48.6 Å². The van der Waals surface area contributed by atoms with E-state index < -0.39 is 18.1 Å². The molecule has 330 valence electrons. The normalized spacial score (nSPS) is 13.4. The highest BCUT2D eigenvalue weighted by atomic mass is 16.6. The average Bonchev–Trinajstić information content (AvgIpc) is 3.17. The Morgan fingerprint density at radius 2 is 0.982 bits per heavy atom. The standard InChI is InChI=1S/C49H87NO7/c1-6-8-10-12-14-16-18-20-22-23-24-25-26-28-29-31-33-35-37-39-47(51)56-44-45(43-55-42-41-46(49(53)54)50(3,4)5)57-48(52)40-38-36-34-32-30-27-21-19-17-15-13-11-9-7-2/h8,10,14,16,20,22,27,30,45-46H,6-7,9,11-13,15,17-19,21,23-26,28-29,31-44H2,1-5H3/b10-8+,16-14+,22-20+,30-27+. The second kappa shape index (κ2) is 40.1. The first-order chi connectivity index (χ1) is 27.6. The Kier molecular flexibility index (Phi) is 38.2. The summed E-state index contributed by atoms with van der Waals surface area (Å²) < 4.78 is 17.2. The summed E-state index contributed by atoms with van der Waals surface area (Å²) in [7, 11) is 5.40. The minimum atomic E-state index is -1.13. The third-order valence-electron chi connectivity index (χ3n) is 10.2. The maximum absolute atomic E-state index is 12.7. The number of carbonyl (C=O) groups excluding carboxylic acids is 3. The molecule has 0 bridgehead atoms. The minimum Gasteiger partial charge on any atom is -0.544 e. The average molecular weight is 802 g/mol. The lowest BCUT2D eigenvalue weighted by molar-refractivity contribution is -0.889. The highest BCUT2D eigenvalue weighted by Crippen LogP contribution is 2.14. The molecule has 0 spiro atoms. The summed E-state index contributed by atoms with van der Waals surface area (Å²) in [4.78, 5) is 36.9. The first kappa shape index (κ1) is 54.3. The molecule has 0 saturated carbocycles. The van der Waals surface area contributed by atoms with Crippen molar-refractivity contribution in [3.63, 3.8) is 0 Å². The van der Waals surface area contributed by atoms with Crippen molar-refractivity contribution < 1.29 is 38.2 Å². The van der Waals surface area contributed by atoms with E-state index in [1.165, 1.54) is 83.5 Å². The molecule has 0 N–H and O–H groups in total. The Morgan fingerprint density at radius 3 is 1.49 bits per heavy atom. The van der Waals surface area contributed by atoms with Crippen molar-refractivity contribution in [2.24, 2.45) is 0 Å². The SMILES string of the molecule is CC/C=C/C/C=C/C/C=C/CCCCCCCCCCCC(=O)OCC(COCCC(C(=O)[O-])[N+](C)(C)C)OC(=O)CCCCC/C=C/CCCCCCCCC. The van der Waals surface area contributed by atoms with Gasteiger partial charge in [0.05, 0.1) is 40.3 Å². The summed E-state index contributed by atoms with van der Waals surface area (Å²) in [5.74, 6) is -1.76. The summed E-state index contributed by atoms with van der Waals surface area (Å²) >= 11 is 0. The van der Waals surface area contributed by atoms with Gasteiger partial charge in [-0.15, -0.1) is 0 Å². The molecule has 0 aromatic rings. The van der Waals surface area contributed by atoms with Crippen LogP contribution in [0.2, 0.25) is 0 Å². The van der Waals surface area contributed by atoms with Gasteiger partial charge in [-0.05, 0) is 70.6 Å². The van der Waals surface area contributed by atoms with Gasteiger partial charge in [-0.2, -0.15) is 0 Å². The Morgan fingerprint density at radius 1 is 0.544 bits per heavy atom. The number of carboxylic acid groups (broad SMARTS) is 1. The van der Waals surface area contributed by atoms with E-state index in [0.717, 1.165) is 77.0 Å². The van der Waals surface area contributed by atoms with E-state index >= 15 is 0 Å². The Hall–Kier alpha value is -2.71. The van der Waals surface area contributed by atoms with Gasteiger partial charge in [-0.1, -0.05) is 152 Å². The number of carboxylic acids is 1. The molecule has 0 aliphatic heterocycles. The predicted molar refractivity (Wildman–Crippen MR) is 236 cm³/mol. The molecule has 8 heteroatoms. The fraction of sp³-hybridized carbons (Fsp3) is 0.776. The predicted octanol–water partition coefficient (Wildman–Crippen LogP) is 11.5. The molecule has 0 amide bonds. The number of quaternary nitrogens is 1. The number of unbranched alkanes of at least 4 members (excludes halogenated alkanes) is 19. The number of carbonyl (C=O) groups is 3. The number of allylic oxidation sites excluding steroid dienone is 8. The van der Waals surface area contributed by atoms with Crippen molar-refractivity contribution >= 4 is 17.9 Å². The molecule has 0 aromatic carbocycles. The smallest absolute Gasteiger partial charge is 0.306 e. The number of esters is 2. The van der Waals surface area contributed by atoms with Crippen molar-refractivity contribution in [2.45, 2.75) is 206 Å². The van der Waals surface area contributed by atoms with Gasteiger partial charge in [0, 0.05) is 19.3 Å². The van der Waals surface area contributed by atoms with Crippen LogP contribution in [0, 0.1) is 0 Å². The van der Waals surface area contributed by atoms with Gasteiger partial charge in [0.1, 0.15) is 12.6 Å². The van der Waals surface area contributed by atoms with E-state index in [4.69, 9.17) is 14.2 Å². The highest BCUT2D eigenvalue weighted by Gasteiger charge is 2.25. The third kappa shape index (κ3) is 38.6. The van der Waals surface area contributed by atoms with Gasteiger partial charge < -0.3 is 28.6 Å². The van der Waals surface area contributed by atoms with E-state index in [9.17, 15) is 19.5 Å². The molecule has 0 rings (SSSR count). The maximum atomic E-state index is 12.7. The zero-order chi connectivity index (χ0) is 42.1. The van der Waals surface area contributed by atoms with Crippen molar-refractivity contribution in [1.29, 1.82) is 0 Å².